The van der Waals surface area contributed by atoms with E-state index < -0.39 is 5.97 Å². The Morgan fingerprint density at radius 2 is 1.89 bits per heavy atom. The van der Waals surface area contributed by atoms with Crippen molar-refractivity contribution >= 4 is 11.5 Å². The number of aliphatic carboxylic acids is 1. The second-order valence-electron chi connectivity index (χ2n) is 4.30. The number of hydrogen-bond acceptors (Lipinski definition) is 1. The Hall–Kier alpha value is -2.09. The molecule has 0 aliphatic heterocycles. The largest absolute Gasteiger partial charge is 0.481 e. The third-order valence-corrected chi connectivity index (χ3v) is 2.95. The van der Waals surface area contributed by atoms with Gasteiger partial charge in [-0.15, -0.1) is 0 Å². The molecule has 1 aromatic carbocycles. The van der Waals surface area contributed by atoms with Crippen molar-refractivity contribution in [3.8, 4) is 0 Å². The lowest BCUT2D eigenvalue weighted by molar-refractivity contribution is -0.136. The van der Waals surface area contributed by atoms with E-state index in [-0.39, 0.29) is 6.42 Å². The number of rotatable bonds is 4. The summed E-state index contributed by atoms with van der Waals surface area (Å²) in [4.78, 5) is 10.5. The van der Waals surface area contributed by atoms with Gasteiger partial charge in [0.1, 0.15) is 0 Å². The van der Waals surface area contributed by atoms with Crippen LogP contribution in [0.25, 0.3) is 5.57 Å². The SMILES string of the molecule is O=C(O)CCc1ccc(C2=CC=CC=CC2)cc1. The summed E-state index contributed by atoms with van der Waals surface area (Å²) in [6.07, 6.45) is 12.1. The Morgan fingerprint density at radius 3 is 2.61 bits per heavy atom. The van der Waals surface area contributed by atoms with E-state index in [9.17, 15) is 4.79 Å². The maximum absolute atomic E-state index is 10.5. The maximum Gasteiger partial charge on any atom is 0.303 e. The molecule has 2 heteroatoms. The standard InChI is InChI=1S/C16H16O2/c17-16(18)12-9-13-7-10-15(11-8-13)14-5-3-1-2-4-6-14/h1-5,7-8,10-11H,6,9,12H2,(H,17,18). The fourth-order valence-electron chi connectivity index (χ4n) is 1.93. The molecule has 0 aromatic heterocycles. The van der Waals surface area contributed by atoms with Gasteiger partial charge in [-0.3, -0.25) is 4.79 Å². The quantitative estimate of drug-likeness (QED) is 0.873. The van der Waals surface area contributed by atoms with Crippen molar-refractivity contribution in [2.75, 3.05) is 0 Å². The highest BCUT2D eigenvalue weighted by Crippen LogP contribution is 2.21. The summed E-state index contributed by atoms with van der Waals surface area (Å²) in [6, 6.07) is 8.15. The Kier molecular flexibility index (Phi) is 4.13. The van der Waals surface area contributed by atoms with Gasteiger partial charge in [-0.05, 0) is 29.5 Å². The highest BCUT2D eigenvalue weighted by molar-refractivity contribution is 5.69. The molecule has 2 rings (SSSR count). The molecule has 0 saturated carbocycles. The molecule has 0 atom stereocenters. The summed E-state index contributed by atoms with van der Waals surface area (Å²) in [6.45, 7) is 0. The Morgan fingerprint density at radius 1 is 1.11 bits per heavy atom. The number of hydrogen-bond donors (Lipinski definition) is 1. The smallest absolute Gasteiger partial charge is 0.303 e. The normalized spacial score (nSPS) is 14.1. The molecule has 2 nitrogen and oxygen atoms in total. The summed E-state index contributed by atoms with van der Waals surface area (Å²) in [5.41, 5.74) is 3.55. The van der Waals surface area contributed by atoms with Gasteiger partial charge in [0, 0.05) is 6.42 Å². The van der Waals surface area contributed by atoms with Crippen molar-refractivity contribution in [3.05, 3.63) is 65.8 Å². The van der Waals surface area contributed by atoms with Crippen LogP contribution in [0.15, 0.2) is 54.6 Å². The minimum atomic E-state index is -0.749. The lowest BCUT2D eigenvalue weighted by Gasteiger charge is -2.05. The van der Waals surface area contributed by atoms with Gasteiger partial charge in [-0.2, -0.15) is 0 Å². The molecule has 0 bridgehead atoms. The molecule has 0 heterocycles. The molecule has 92 valence electrons. The zero-order valence-corrected chi connectivity index (χ0v) is 10.2. The lowest BCUT2D eigenvalue weighted by Crippen LogP contribution is -1.97. The molecule has 0 unspecified atom stereocenters. The predicted octanol–water partition coefficient (Wildman–Crippen LogP) is 3.60. The monoisotopic (exact) mass is 240 g/mol. The average Bonchev–Trinajstić information content (AvgIpc) is 2.66. The van der Waals surface area contributed by atoms with Crippen LogP contribution in [-0.2, 0) is 11.2 Å². The van der Waals surface area contributed by atoms with E-state index >= 15 is 0 Å². The molecule has 1 aliphatic rings. The van der Waals surface area contributed by atoms with Crippen molar-refractivity contribution in [2.45, 2.75) is 19.3 Å². The van der Waals surface area contributed by atoms with Crippen molar-refractivity contribution in [1.82, 2.24) is 0 Å². The molecular formula is C16H16O2. The van der Waals surface area contributed by atoms with E-state index in [1.807, 2.05) is 30.4 Å². The third-order valence-electron chi connectivity index (χ3n) is 2.95. The molecule has 18 heavy (non-hydrogen) atoms. The average molecular weight is 240 g/mol. The van der Waals surface area contributed by atoms with Gasteiger partial charge in [0.25, 0.3) is 0 Å². The van der Waals surface area contributed by atoms with Crippen molar-refractivity contribution in [3.63, 3.8) is 0 Å². The van der Waals surface area contributed by atoms with Crippen LogP contribution < -0.4 is 0 Å². The van der Waals surface area contributed by atoms with E-state index in [0.29, 0.717) is 6.42 Å². The zero-order valence-electron chi connectivity index (χ0n) is 10.2. The fourth-order valence-corrected chi connectivity index (χ4v) is 1.93. The van der Waals surface area contributed by atoms with Crippen LogP contribution in [0.4, 0.5) is 0 Å². The van der Waals surface area contributed by atoms with Crippen LogP contribution in [0, 0.1) is 0 Å². The molecule has 1 aromatic rings. The molecule has 0 saturated heterocycles. The molecule has 0 amide bonds. The third kappa shape index (κ3) is 3.45. The van der Waals surface area contributed by atoms with Crippen molar-refractivity contribution < 1.29 is 9.90 Å². The summed E-state index contributed by atoms with van der Waals surface area (Å²) < 4.78 is 0. The minimum Gasteiger partial charge on any atom is -0.481 e. The second-order valence-corrected chi connectivity index (χ2v) is 4.30. The predicted molar refractivity (Wildman–Crippen MR) is 73.3 cm³/mol. The van der Waals surface area contributed by atoms with Crippen molar-refractivity contribution in [1.29, 1.82) is 0 Å². The summed E-state index contributed by atoms with van der Waals surface area (Å²) >= 11 is 0. The Balaban J connectivity index is 2.07. The highest BCUT2D eigenvalue weighted by atomic mass is 16.4. The minimum absolute atomic E-state index is 0.188. The first-order valence-electron chi connectivity index (χ1n) is 6.09. The number of carboxylic acids is 1. The Bertz CT molecular complexity index is 504. The number of aryl methyl sites for hydroxylation is 1. The van der Waals surface area contributed by atoms with Gasteiger partial charge in [0.15, 0.2) is 0 Å². The van der Waals surface area contributed by atoms with Gasteiger partial charge < -0.3 is 5.11 Å². The van der Waals surface area contributed by atoms with E-state index in [1.165, 1.54) is 11.1 Å². The van der Waals surface area contributed by atoms with Crippen LogP contribution in [0.3, 0.4) is 0 Å². The first-order valence-corrected chi connectivity index (χ1v) is 6.09. The molecule has 0 spiro atoms. The van der Waals surface area contributed by atoms with Crippen LogP contribution >= 0.6 is 0 Å². The van der Waals surface area contributed by atoms with Gasteiger partial charge in [0.05, 0.1) is 0 Å². The van der Waals surface area contributed by atoms with E-state index in [2.05, 4.69) is 24.3 Å². The second kappa shape index (κ2) is 6.01. The zero-order chi connectivity index (χ0) is 12.8. The van der Waals surface area contributed by atoms with E-state index in [4.69, 9.17) is 5.11 Å². The fraction of sp³-hybridized carbons (Fsp3) is 0.188. The highest BCUT2D eigenvalue weighted by Gasteiger charge is 2.02. The molecule has 0 radical (unpaired) electrons. The van der Waals surface area contributed by atoms with E-state index in [0.717, 1.165) is 12.0 Å². The Labute approximate surface area is 107 Å². The summed E-state index contributed by atoms with van der Waals surface area (Å²) in [7, 11) is 0. The van der Waals surface area contributed by atoms with Crippen LogP contribution in [0.1, 0.15) is 24.0 Å². The van der Waals surface area contributed by atoms with Crippen LogP contribution in [0.5, 0.6) is 0 Å². The van der Waals surface area contributed by atoms with Gasteiger partial charge in [0.2, 0.25) is 0 Å². The van der Waals surface area contributed by atoms with Crippen LogP contribution in [0.2, 0.25) is 0 Å². The van der Waals surface area contributed by atoms with Gasteiger partial charge in [-0.1, -0.05) is 54.6 Å². The number of allylic oxidation sites excluding steroid dienone is 6. The van der Waals surface area contributed by atoms with Crippen molar-refractivity contribution in [2.24, 2.45) is 0 Å². The first-order chi connectivity index (χ1) is 8.75. The first kappa shape index (κ1) is 12.4. The molecule has 1 N–H and O–H groups in total. The topological polar surface area (TPSA) is 37.3 Å². The lowest BCUT2D eigenvalue weighted by atomic mass is 10.00. The maximum atomic E-state index is 10.5. The summed E-state index contributed by atoms with van der Waals surface area (Å²) in [5.74, 6) is -0.749. The summed E-state index contributed by atoms with van der Waals surface area (Å²) in [5, 5.41) is 8.64. The van der Waals surface area contributed by atoms with Crippen LogP contribution in [-0.4, -0.2) is 11.1 Å². The number of carboxylic acid groups (broad SMARTS) is 1. The number of carbonyl (C=O) groups is 1. The van der Waals surface area contributed by atoms with E-state index in [1.54, 1.807) is 0 Å². The molecule has 1 aliphatic carbocycles. The van der Waals surface area contributed by atoms with Gasteiger partial charge >= 0.3 is 5.97 Å². The van der Waals surface area contributed by atoms with Gasteiger partial charge in [-0.25, -0.2) is 0 Å². The molecular weight excluding hydrogens is 224 g/mol. The molecule has 0 fully saturated rings. The number of benzene rings is 1.